The van der Waals surface area contributed by atoms with Crippen LogP contribution in [0.5, 0.6) is 5.75 Å². The molecule has 0 radical (unpaired) electrons. The van der Waals surface area contributed by atoms with Gasteiger partial charge < -0.3 is 15.3 Å². The van der Waals surface area contributed by atoms with Gasteiger partial charge >= 0.3 is 0 Å². The molecule has 3 rings (SSSR count). The molecular formula is C19H26FN3O3S. The molecule has 1 aliphatic rings. The van der Waals surface area contributed by atoms with E-state index in [1.54, 1.807) is 0 Å². The fourth-order valence-corrected chi connectivity index (χ4v) is 3.41. The number of rotatable bonds is 7. The zero-order chi connectivity index (χ0) is 33.3. The molecule has 1 aliphatic heterocycles. The molecule has 2 aromatic rings. The van der Waals surface area contributed by atoms with Crippen LogP contribution in [-0.4, -0.2) is 48.0 Å². The summed E-state index contributed by atoms with van der Waals surface area (Å²) in [5.41, 5.74) is -3.54. The number of pyridine rings is 1. The van der Waals surface area contributed by atoms with E-state index in [-0.39, 0.29) is 41.8 Å². The molecule has 0 atom stereocenters. The molecule has 2 aromatic heterocycles. The number of halogens is 1. The maximum absolute atomic E-state index is 14.6. The summed E-state index contributed by atoms with van der Waals surface area (Å²) in [4.78, 5) is 27.4. The zero-order valence-electron chi connectivity index (χ0n) is 29.9. The van der Waals surface area contributed by atoms with Crippen molar-refractivity contribution in [1.29, 1.82) is 1.43 Å². The quantitative estimate of drug-likeness (QED) is 0.734. The van der Waals surface area contributed by atoms with Gasteiger partial charge in [0, 0.05) is 29.0 Å². The van der Waals surface area contributed by atoms with Crippen LogP contribution in [0, 0.1) is 5.13 Å². The SMILES string of the molecule is [2H]Oc1c(C(=O)N([2H])C([2H])([2H])CC([2H])([2H])N2CCC([2H])([2H])CC2)c(=O)n(C([2H])(C([2H])([2H])[2H])C([2H])([2H])[2H])c2sc(F)c([2H])c12. The maximum atomic E-state index is 14.6. The Kier molecular flexibility index (Phi) is 2.43. The molecule has 3 heterocycles. The van der Waals surface area contributed by atoms with Crippen molar-refractivity contribution in [3.63, 3.8) is 0 Å². The van der Waals surface area contributed by atoms with Crippen LogP contribution < -0.4 is 10.9 Å². The maximum Gasteiger partial charge on any atom is 0.293 e. The second-order valence-corrected chi connectivity index (χ2v) is 6.47. The van der Waals surface area contributed by atoms with Gasteiger partial charge in [0.15, 0.2) is 6.54 Å². The molecule has 1 saturated heterocycles. The number of carbonyl (C=O) groups excluding carboxylic acids is 1. The lowest BCUT2D eigenvalue weighted by Gasteiger charge is -2.26. The van der Waals surface area contributed by atoms with Crippen molar-refractivity contribution in [3.8, 4) is 5.75 Å². The largest absolute Gasteiger partial charge is 0.506 e. The Labute approximate surface area is 184 Å². The second kappa shape index (κ2) is 8.39. The van der Waals surface area contributed by atoms with Crippen molar-refractivity contribution in [2.45, 2.75) is 45.4 Å². The summed E-state index contributed by atoms with van der Waals surface area (Å²) in [5, 5.41) is 1.39. The summed E-state index contributed by atoms with van der Waals surface area (Å²) in [7, 11) is 0. The molecule has 0 bridgehead atoms. The third-order valence-electron chi connectivity index (χ3n) is 3.81. The van der Waals surface area contributed by atoms with Gasteiger partial charge in [-0.25, -0.2) is 0 Å². The first kappa shape index (κ1) is 7.83. The molecular weight excluding hydrogens is 369 g/mol. The first-order valence-electron chi connectivity index (χ1n) is 15.7. The number of aromatic nitrogens is 1. The number of likely N-dealkylation sites (tertiary alicyclic amines) is 1. The van der Waals surface area contributed by atoms with E-state index in [0.717, 1.165) is 4.90 Å². The lowest BCUT2D eigenvalue weighted by atomic mass is 10.1. The predicted molar refractivity (Wildman–Crippen MR) is 105 cm³/mol. The molecule has 0 saturated carbocycles. The average Bonchev–Trinajstić information content (AvgIpc) is 3.13. The Morgan fingerprint density at radius 2 is 2.44 bits per heavy atom. The lowest BCUT2D eigenvalue weighted by molar-refractivity contribution is 0.0946. The van der Waals surface area contributed by atoms with Crippen molar-refractivity contribution < 1.29 is 34.9 Å². The summed E-state index contributed by atoms with van der Waals surface area (Å²) in [6.07, 6.45) is -2.98. The van der Waals surface area contributed by atoms with Gasteiger partial charge in [0.2, 0.25) is 0 Å². The fraction of sp³-hybridized carbons (Fsp3) is 0.579. The standard InChI is InChI=1S/C19H26FN3O3S/c1-12(2)23-18(26)15(16(24)13-11-14(20)27-19(13)23)17(25)21-7-6-10-22-8-4-3-5-9-22/h11-12,24H,3-10H2,1-2H3,(H,21,25)/i1D3,2D3,3D2,7D2,10D2,11D,12D/hD2. The highest BCUT2D eigenvalue weighted by Crippen LogP contribution is 2.33. The van der Waals surface area contributed by atoms with Crippen LogP contribution in [0.4, 0.5) is 4.39 Å². The Bertz CT molecular complexity index is 1450. The number of hydrogen-bond acceptors (Lipinski definition) is 5. The molecule has 0 unspecified atom stereocenters. The Balaban J connectivity index is 2.24. The van der Waals surface area contributed by atoms with E-state index < -0.39 is 95.0 Å². The minimum Gasteiger partial charge on any atom is -0.506 e. The topological polar surface area (TPSA) is 74.6 Å². The van der Waals surface area contributed by atoms with Gasteiger partial charge in [-0.3, -0.25) is 14.2 Å². The summed E-state index contributed by atoms with van der Waals surface area (Å²) in [6.45, 7) is -13.8. The minimum atomic E-state index is -3.92. The van der Waals surface area contributed by atoms with Crippen LogP contribution in [0.25, 0.3) is 10.2 Å². The third-order valence-corrected chi connectivity index (χ3v) is 4.68. The Hall–Kier alpha value is -1.93. The van der Waals surface area contributed by atoms with Gasteiger partial charge in [-0.05, 0) is 58.6 Å². The van der Waals surface area contributed by atoms with E-state index in [9.17, 15) is 14.0 Å². The van der Waals surface area contributed by atoms with E-state index in [4.69, 9.17) is 22.0 Å². The molecule has 2 N–H and O–H groups in total. The Morgan fingerprint density at radius 3 is 3.15 bits per heavy atom. The number of nitrogens with zero attached hydrogens (tertiary/aromatic N) is 2. The van der Waals surface area contributed by atoms with Crippen LogP contribution in [0.1, 0.15) is 74.9 Å². The van der Waals surface area contributed by atoms with E-state index in [0.29, 0.717) is 0 Å². The highest BCUT2D eigenvalue weighted by atomic mass is 32.1. The van der Waals surface area contributed by atoms with E-state index in [1.807, 2.05) is 0 Å². The second-order valence-electron chi connectivity index (χ2n) is 5.52. The van der Waals surface area contributed by atoms with Crippen molar-refractivity contribution in [2.24, 2.45) is 0 Å². The summed E-state index contributed by atoms with van der Waals surface area (Å²) in [5.74, 6) is -3.23. The molecule has 1 fully saturated rings. The van der Waals surface area contributed by atoms with Gasteiger partial charge in [0.1, 0.15) is 16.1 Å². The molecule has 6 nitrogen and oxygen atoms in total. The highest BCUT2D eigenvalue weighted by molar-refractivity contribution is 7.17. The van der Waals surface area contributed by atoms with Crippen LogP contribution in [0.2, 0.25) is 1.41 Å². The van der Waals surface area contributed by atoms with E-state index >= 15 is 0 Å². The first-order chi connectivity index (χ1) is 19.2. The zero-order valence-corrected chi connectivity index (χ0v) is 14.7. The number of hydrogen-bond donors (Lipinski definition) is 2. The van der Waals surface area contributed by atoms with Gasteiger partial charge in [-0.2, -0.15) is 4.39 Å². The van der Waals surface area contributed by atoms with Crippen molar-refractivity contribution >= 4 is 27.5 Å². The summed E-state index contributed by atoms with van der Waals surface area (Å²) < 4.78 is 142. The molecule has 8 heteroatoms. The normalized spacial score (nSPS) is 28.3. The van der Waals surface area contributed by atoms with Gasteiger partial charge in [0.05, 0.1) is 8.13 Å². The first-order valence-corrected chi connectivity index (χ1v) is 8.66. The smallest absolute Gasteiger partial charge is 0.293 e. The van der Waals surface area contributed by atoms with Gasteiger partial charge in [-0.1, -0.05) is 17.7 Å². The van der Waals surface area contributed by atoms with Crippen LogP contribution in [-0.2, 0) is 0 Å². The number of fused-ring (bicyclic) bond motifs is 1. The molecule has 0 aliphatic carbocycles. The highest BCUT2D eigenvalue weighted by Gasteiger charge is 2.25. The lowest BCUT2D eigenvalue weighted by Crippen LogP contribution is -2.36. The fourth-order valence-electron chi connectivity index (χ4n) is 2.58. The number of carbonyl (C=O) groups is 1. The number of nitrogens with one attached hydrogen (secondary N) is 1. The predicted octanol–water partition coefficient (Wildman–Crippen LogP) is 3.09. The third kappa shape index (κ3) is 4.16. The summed E-state index contributed by atoms with van der Waals surface area (Å²) >= 11 is -0.136. The van der Waals surface area contributed by atoms with Crippen molar-refractivity contribution in [3.05, 3.63) is 27.1 Å². The van der Waals surface area contributed by atoms with Crippen molar-refractivity contribution in [1.82, 2.24) is 14.8 Å². The van der Waals surface area contributed by atoms with Crippen LogP contribution in [0.15, 0.2) is 10.8 Å². The van der Waals surface area contributed by atoms with Crippen LogP contribution >= 0.6 is 11.3 Å². The molecule has 0 spiro atoms. The number of thiophene rings is 1. The minimum absolute atomic E-state index is 0.0860. The van der Waals surface area contributed by atoms with Gasteiger partial charge in [-0.15, -0.1) is 0 Å². The Morgan fingerprint density at radius 1 is 1.67 bits per heavy atom. The summed E-state index contributed by atoms with van der Waals surface area (Å²) in [6, 6.07) is -5.10. The van der Waals surface area contributed by atoms with Crippen LogP contribution in [0.3, 0.4) is 0 Å². The molecule has 0 aromatic carbocycles. The van der Waals surface area contributed by atoms with E-state index in [2.05, 4.69) is 5.11 Å². The molecule has 27 heavy (non-hydrogen) atoms. The number of piperidine rings is 1. The van der Waals surface area contributed by atoms with Gasteiger partial charge in [0.25, 0.3) is 12.9 Å². The number of aromatic hydroxyl groups is 1. The monoisotopic (exact) mass is 411 g/mol. The number of amides is 1. The molecule has 1 amide bonds. The van der Waals surface area contributed by atoms with E-state index in [1.165, 1.54) is 0 Å². The molecule has 148 valence electrons. The van der Waals surface area contributed by atoms with Crippen molar-refractivity contribution in [2.75, 3.05) is 26.1 Å². The average molecular weight is 412 g/mol.